The third-order valence-corrected chi connectivity index (χ3v) is 4.31. The zero-order valence-electron chi connectivity index (χ0n) is 11.9. The molecule has 4 heteroatoms. The number of aromatic nitrogens is 1. The average molecular weight is 261 g/mol. The van der Waals surface area contributed by atoms with Gasteiger partial charge in [0.15, 0.2) is 0 Å². The number of carbonyl (C=O) groups excluding carboxylic acids is 1. The van der Waals surface area contributed by atoms with Crippen molar-refractivity contribution < 1.29 is 4.79 Å². The van der Waals surface area contributed by atoms with Crippen LogP contribution in [0, 0.1) is 13.8 Å². The van der Waals surface area contributed by atoms with Gasteiger partial charge in [-0.25, -0.2) is 0 Å². The molecule has 2 fully saturated rings. The van der Waals surface area contributed by atoms with Gasteiger partial charge in [-0.1, -0.05) is 0 Å². The summed E-state index contributed by atoms with van der Waals surface area (Å²) in [6.45, 7) is 7.86. The monoisotopic (exact) mass is 261 g/mol. The Morgan fingerprint density at radius 1 is 1.32 bits per heavy atom. The molecule has 1 aromatic rings. The molecule has 2 heterocycles. The summed E-state index contributed by atoms with van der Waals surface area (Å²) in [5.74, 6) is 0.276. The van der Waals surface area contributed by atoms with E-state index in [0.29, 0.717) is 12.5 Å². The van der Waals surface area contributed by atoms with Crippen LogP contribution in [0.1, 0.15) is 35.8 Å². The molecule has 1 aliphatic heterocycles. The summed E-state index contributed by atoms with van der Waals surface area (Å²) in [5, 5.41) is 3.28. The number of carbonyl (C=O) groups is 1. The molecule has 1 aliphatic carbocycles. The van der Waals surface area contributed by atoms with Gasteiger partial charge in [0, 0.05) is 43.6 Å². The van der Waals surface area contributed by atoms with Crippen molar-refractivity contribution in [3.63, 3.8) is 0 Å². The number of rotatable bonds is 3. The largest absolute Gasteiger partial charge is 0.346 e. The maximum absolute atomic E-state index is 12.3. The Hall–Kier alpha value is -1.29. The summed E-state index contributed by atoms with van der Waals surface area (Å²) in [7, 11) is 0. The van der Waals surface area contributed by atoms with Crippen molar-refractivity contribution >= 4 is 5.91 Å². The van der Waals surface area contributed by atoms with Crippen LogP contribution in [-0.2, 0) is 11.2 Å². The molecule has 1 saturated heterocycles. The van der Waals surface area contributed by atoms with Gasteiger partial charge in [-0.15, -0.1) is 0 Å². The number of aryl methyl sites for hydroxylation is 1. The fourth-order valence-electron chi connectivity index (χ4n) is 3.11. The van der Waals surface area contributed by atoms with E-state index < -0.39 is 0 Å². The maximum atomic E-state index is 12.3. The molecule has 0 radical (unpaired) electrons. The van der Waals surface area contributed by atoms with Gasteiger partial charge < -0.3 is 14.8 Å². The first-order valence-corrected chi connectivity index (χ1v) is 7.32. The lowest BCUT2D eigenvalue weighted by atomic mass is 10.1. The zero-order valence-corrected chi connectivity index (χ0v) is 11.9. The van der Waals surface area contributed by atoms with Gasteiger partial charge in [-0.3, -0.25) is 4.79 Å². The smallest absolute Gasteiger partial charge is 0.227 e. The quantitative estimate of drug-likeness (QED) is 0.893. The second kappa shape index (κ2) is 5.00. The van der Waals surface area contributed by atoms with E-state index in [1.807, 2.05) is 4.90 Å². The van der Waals surface area contributed by atoms with E-state index in [9.17, 15) is 4.79 Å². The number of nitrogens with zero attached hydrogens (tertiary/aromatic N) is 2. The van der Waals surface area contributed by atoms with Gasteiger partial charge in [0.25, 0.3) is 0 Å². The van der Waals surface area contributed by atoms with Gasteiger partial charge in [-0.2, -0.15) is 0 Å². The molecule has 0 atom stereocenters. The molecule has 0 aromatic carbocycles. The normalized spacial score (nSPS) is 19.8. The Morgan fingerprint density at radius 3 is 2.63 bits per heavy atom. The number of amides is 1. The predicted molar refractivity (Wildman–Crippen MR) is 75.3 cm³/mol. The van der Waals surface area contributed by atoms with Crippen LogP contribution in [0.15, 0.2) is 6.07 Å². The Labute approximate surface area is 114 Å². The molecule has 2 aliphatic rings. The zero-order chi connectivity index (χ0) is 13.4. The molecule has 1 aromatic heterocycles. The van der Waals surface area contributed by atoms with Crippen molar-refractivity contribution in [3.05, 3.63) is 23.0 Å². The molecule has 1 N–H and O–H groups in total. The van der Waals surface area contributed by atoms with Gasteiger partial charge in [0.05, 0.1) is 6.42 Å². The van der Waals surface area contributed by atoms with Crippen LogP contribution in [0.2, 0.25) is 0 Å². The first-order valence-electron chi connectivity index (χ1n) is 7.32. The Kier molecular flexibility index (Phi) is 3.35. The number of piperazine rings is 1. The highest BCUT2D eigenvalue weighted by Crippen LogP contribution is 2.38. The van der Waals surface area contributed by atoms with Crippen LogP contribution in [-0.4, -0.2) is 41.6 Å². The van der Waals surface area contributed by atoms with Crippen molar-refractivity contribution in [2.75, 3.05) is 26.2 Å². The van der Waals surface area contributed by atoms with Crippen molar-refractivity contribution in [3.8, 4) is 0 Å². The molecule has 0 bridgehead atoms. The van der Waals surface area contributed by atoms with E-state index in [-0.39, 0.29) is 5.91 Å². The van der Waals surface area contributed by atoms with Gasteiger partial charge in [0.2, 0.25) is 5.91 Å². The molecule has 104 valence electrons. The summed E-state index contributed by atoms with van der Waals surface area (Å²) in [6, 6.07) is 2.90. The molecule has 3 rings (SSSR count). The number of nitrogens with one attached hydrogen (secondary N) is 1. The molecule has 0 unspecified atom stereocenters. The SMILES string of the molecule is Cc1cc(CC(=O)N2CCNCC2)c(C)n1C1CC1. The first kappa shape index (κ1) is 12.7. The average Bonchev–Trinajstić information content (AvgIpc) is 3.19. The Balaban J connectivity index is 1.72. The lowest BCUT2D eigenvalue weighted by Crippen LogP contribution is -2.46. The van der Waals surface area contributed by atoms with Crippen molar-refractivity contribution in [2.45, 2.75) is 39.2 Å². The van der Waals surface area contributed by atoms with Gasteiger partial charge in [-0.05, 0) is 38.3 Å². The number of hydrogen-bond acceptors (Lipinski definition) is 2. The Morgan fingerprint density at radius 2 is 2.00 bits per heavy atom. The summed E-state index contributed by atoms with van der Waals surface area (Å²) < 4.78 is 2.42. The second-order valence-corrected chi connectivity index (χ2v) is 5.81. The lowest BCUT2D eigenvalue weighted by molar-refractivity contribution is -0.131. The fraction of sp³-hybridized carbons (Fsp3) is 0.667. The topological polar surface area (TPSA) is 37.3 Å². The maximum Gasteiger partial charge on any atom is 0.227 e. The minimum absolute atomic E-state index is 0.276. The lowest BCUT2D eigenvalue weighted by Gasteiger charge is -2.27. The van der Waals surface area contributed by atoms with E-state index in [2.05, 4.69) is 29.8 Å². The van der Waals surface area contributed by atoms with Crippen LogP contribution >= 0.6 is 0 Å². The predicted octanol–water partition coefficient (Wildman–Crippen LogP) is 1.41. The highest BCUT2D eigenvalue weighted by Gasteiger charge is 2.27. The van der Waals surface area contributed by atoms with Crippen LogP contribution in [0.25, 0.3) is 0 Å². The van der Waals surface area contributed by atoms with Crippen molar-refractivity contribution in [1.82, 2.24) is 14.8 Å². The van der Waals surface area contributed by atoms with Crippen LogP contribution in [0.4, 0.5) is 0 Å². The summed E-state index contributed by atoms with van der Waals surface area (Å²) in [4.78, 5) is 14.3. The molecule has 4 nitrogen and oxygen atoms in total. The Bertz CT molecular complexity index is 482. The summed E-state index contributed by atoms with van der Waals surface area (Å²) in [6.07, 6.45) is 3.15. The molecule has 1 amide bonds. The van der Waals surface area contributed by atoms with Crippen molar-refractivity contribution in [1.29, 1.82) is 0 Å². The number of hydrogen-bond donors (Lipinski definition) is 1. The van der Waals surface area contributed by atoms with E-state index >= 15 is 0 Å². The van der Waals surface area contributed by atoms with Crippen LogP contribution in [0.5, 0.6) is 0 Å². The second-order valence-electron chi connectivity index (χ2n) is 5.81. The van der Waals surface area contributed by atoms with Gasteiger partial charge >= 0.3 is 0 Å². The molecular weight excluding hydrogens is 238 g/mol. The molecule has 19 heavy (non-hydrogen) atoms. The summed E-state index contributed by atoms with van der Waals surface area (Å²) in [5.41, 5.74) is 3.82. The molecule has 1 saturated carbocycles. The van der Waals surface area contributed by atoms with Crippen LogP contribution in [0.3, 0.4) is 0 Å². The molecular formula is C15H23N3O. The third-order valence-electron chi connectivity index (χ3n) is 4.31. The minimum Gasteiger partial charge on any atom is -0.346 e. The standard InChI is InChI=1S/C15H23N3O/c1-11-9-13(12(2)18(11)14-3-4-14)10-15(19)17-7-5-16-6-8-17/h9,14,16H,3-8,10H2,1-2H3. The first-order chi connectivity index (χ1) is 9.16. The minimum atomic E-state index is 0.276. The van der Waals surface area contributed by atoms with E-state index in [4.69, 9.17) is 0 Å². The van der Waals surface area contributed by atoms with E-state index in [1.165, 1.54) is 29.8 Å². The summed E-state index contributed by atoms with van der Waals surface area (Å²) >= 11 is 0. The van der Waals surface area contributed by atoms with Crippen LogP contribution < -0.4 is 5.32 Å². The van der Waals surface area contributed by atoms with Gasteiger partial charge in [0.1, 0.15) is 0 Å². The fourth-order valence-corrected chi connectivity index (χ4v) is 3.11. The van der Waals surface area contributed by atoms with Crippen molar-refractivity contribution in [2.24, 2.45) is 0 Å². The third kappa shape index (κ3) is 2.54. The highest BCUT2D eigenvalue weighted by molar-refractivity contribution is 5.79. The van der Waals surface area contributed by atoms with E-state index in [1.54, 1.807) is 0 Å². The van der Waals surface area contributed by atoms with E-state index in [0.717, 1.165) is 26.2 Å². The highest BCUT2D eigenvalue weighted by atomic mass is 16.2. The molecule has 0 spiro atoms.